The first-order chi connectivity index (χ1) is 11.1. The fraction of sp³-hybridized carbons (Fsp3) is 0.0588. The molecule has 0 amide bonds. The van der Waals surface area contributed by atoms with Crippen molar-refractivity contribution in [3.05, 3.63) is 58.6 Å². The van der Waals surface area contributed by atoms with Crippen molar-refractivity contribution < 1.29 is 4.74 Å². The zero-order valence-electron chi connectivity index (χ0n) is 12.3. The number of aromatic nitrogens is 2. The summed E-state index contributed by atoms with van der Waals surface area (Å²) in [5.41, 5.74) is 8.95. The number of halogens is 2. The molecule has 0 aliphatic carbocycles. The number of hydrogen-bond donors (Lipinski definition) is 1. The summed E-state index contributed by atoms with van der Waals surface area (Å²) in [5, 5.41) is 0.953. The molecule has 116 valence electrons. The number of methoxy groups -OCH3 is 1. The number of ether oxygens (including phenoxy) is 1. The molecule has 4 nitrogen and oxygen atoms in total. The van der Waals surface area contributed by atoms with E-state index >= 15 is 0 Å². The second kappa shape index (κ2) is 6.44. The third kappa shape index (κ3) is 3.38. The molecule has 0 spiro atoms. The van der Waals surface area contributed by atoms with Crippen LogP contribution in [0.3, 0.4) is 0 Å². The third-order valence-electron chi connectivity index (χ3n) is 3.32. The van der Waals surface area contributed by atoms with E-state index in [2.05, 4.69) is 9.97 Å². The summed E-state index contributed by atoms with van der Waals surface area (Å²) >= 11 is 12.0. The van der Waals surface area contributed by atoms with E-state index in [0.29, 0.717) is 21.4 Å². The average Bonchev–Trinajstić information content (AvgIpc) is 2.57. The lowest BCUT2D eigenvalue weighted by atomic mass is 10.1. The second-order valence-corrected chi connectivity index (χ2v) is 5.67. The van der Waals surface area contributed by atoms with E-state index in [1.807, 2.05) is 36.4 Å². The van der Waals surface area contributed by atoms with Gasteiger partial charge in [-0.05, 0) is 30.3 Å². The quantitative estimate of drug-likeness (QED) is 0.746. The standard InChI is InChI=1S/C17H13Cl2N3O/c1-23-12-4-2-3-10(7-12)15-9-16(22-17(20)21-15)11-5-6-13(18)14(19)8-11/h2-9H,1H3,(H2,20,21,22). The first-order valence-corrected chi connectivity index (χ1v) is 7.57. The highest BCUT2D eigenvalue weighted by molar-refractivity contribution is 6.42. The molecule has 3 aromatic rings. The molecule has 0 aliphatic rings. The van der Waals surface area contributed by atoms with Crippen LogP contribution < -0.4 is 10.5 Å². The van der Waals surface area contributed by atoms with Crippen LogP contribution in [0, 0.1) is 0 Å². The predicted molar refractivity (Wildman–Crippen MR) is 93.9 cm³/mol. The van der Waals surface area contributed by atoms with Crippen molar-refractivity contribution in [1.29, 1.82) is 0 Å². The van der Waals surface area contributed by atoms with Gasteiger partial charge in [-0.25, -0.2) is 9.97 Å². The van der Waals surface area contributed by atoms with Crippen molar-refractivity contribution in [3.63, 3.8) is 0 Å². The van der Waals surface area contributed by atoms with E-state index in [0.717, 1.165) is 16.9 Å². The van der Waals surface area contributed by atoms with E-state index in [-0.39, 0.29) is 5.95 Å². The molecule has 0 unspecified atom stereocenters. The van der Waals surface area contributed by atoms with Crippen LogP contribution in [0.2, 0.25) is 10.0 Å². The molecule has 2 N–H and O–H groups in total. The van der Waals surface area contributed by atoms with E-state index in [1.165, 1.54) is 0 Å². The molecule has 0 fully saturated rings. The minimum absolute atomic E-state index is 0.186. The normalized spacial score (nSPS) is 10.6. The smallest absolute Gasteiger partial charge is 0.221 e. The molecule has 0 saturated heterocycles. The molecular weight excluding hydrogens is 333 g/mol. The minimum atomic E-state index is 0.186. The van der Waals surface area contributed by atoms with Gasteiger partial charge in [0.2, 0.25) is 5.95 Å². The van der Waals surface area contributed by atoms with Crippen LogP contribution in [-0.4, -0.2) is 17.1 Å². The van der Waals surface area contributed by atoms with Crippen LogP contribution in [0.25, 0.3) is 22.5 Å². The molecule has 0 atom stereocenters. The number of benzene rings is 2. The van der Waals surface area contributed by atoms with Gasteiger partial charge in [0.05, 0.1) is 28.5 Å². The molecular formula is C17H13Cl2N3O. The maximum absolute atomic E-state index is 6.08. The number of anilines is 1. The number of nitrogens with zero attached hydrogens (tertiary/aromatic N) is 2. The van der Waals surface area contributed by atoms with Crippen LogP contribution in [0.5, 0.6) is 5.75 Å². The van der Waals surface area contributed by atoms with Crippen LogP contribution in [0.15, 0.2) is 48.5 Å². The predicted octanol–water partition coefficient (Wildman–Crippen LogP) is 4.71. The first-order valence-electron chi connectivity index (χ1n) is 6.81. The van der Waals surface area contributed by atoms with Crippen LogP contribution in [0.1, 0.15) is 0 Å². The van der Waals surface area contributed by atoms with E-state index in [4.69, 9.17) is 33.7 Å². The Morgan fingerprint density at radius 3 is 2.22 bits per heavy atom. The summed E-state index contributed by atoms with van der Waals surface area (Å²) in [6.45, 7) is 0. The van der Waals surface area contributed by atoms with Crippen molar-refractivity contribution >= 4 is 29.2 Å². The lowest BCUT2D eigenvalue weighted by Gasteiger charge is -2.08. The zero-order valence-corrected chi connectivity index (χ0v) is 13.8. The Morgan fingerprint density at radius 2 is 1.57 bits per heavy atom. The monoisotopic (exact) mass is 345 g/mol. The van der Waals surface area contributed by atoms with Crippen LogP contribution in [0.4, 0.5) is 5.95 Å². The maximum atomic E-state index is 6.08. The number of nitrogen functional groups attached to an aromatic ring is 1. The summed E-state index contributed by atoms with van der Waals surface area (Å²) in [4.78, 5) is 8.57. The Bertz CT molecular complexity index is 868. The molecule has 0 bridgehead atoms. The van der Waals surface area contributed by atoms with E-state index in [9.17, 15) is 0 Å². The minimum Gasteiger partial charge on any atom is -0.497 e. The topological polar surface area (TPSA) is 61.0 Å². The summed E-state index contributed by atoms with van der Waals surface area (Å²) in [7, 11) is 1.62. The summed E-state index contributed by atoms with van der Waals surface area (Å²) in [5.74, 6) is 0.933. The zero-order chi connectivity index (χ0) is 16.4. The van der Waals surface area contributed by atoms with Crippen molar-refractivity contribution in [1.82, 2.24) is 9.97 Å². The molecule has 1 heterocycles. The van der Waals surface area contributed by atoms with Gasteiger partial charge in [0, 0.05) is 11.1 Å². The van der Waals surface area contributed by atoms with Crippen LogP contribution >= 0.6 is 23.2 Å². The SMILES string of the molecule is COc1cccc(-c2cc(-c3ccc(Cl)c(Cl)c3)nc(N)n2)c1. The van der Waals surface area contributed by atoms with Gasteiger partial charge < -0.3 is 10.5 Å². The highest BCUT2D eigenvalue weighted by atomic mass is 35.5. The van der Waals surface area contributed by atoms with Crippen molar-refractivity contribution in [3.8, 4) is 28.3 Å². The molecule has 0 saturated carbocycles. The van der Waals surface area contributed by atoms with Crippen molar-refractivity contribution in [2.24, 2.45) is 0 Å². The van der Waals surface area contributed by atoms with Gasteiger partial charge in [-0.15, -0.1) is 0 Å². The summed E-state index contributed by atoms with van der Waals surface area (Å²) in [6.07, 6.45) is 0. The van der Waals surface area contributed by atoms with Crippen LogP contribution in [-0.2, 0) is 0 Å². The number of nitrogens with two attached hydrogens (primary N) is 1. The van der Waals surface area contributed by atoms with Gasteiger partial charge in [0.15, 0.2) is 0 Å². The fourth-order valence-electron chi connectivity index (χ4n) is 2.20. The van der Waals surface area contributed by atoms with Crippen molar-refractivity contribution in [2.45, 2.75) is 0 Å². The summed E-state index contributed by atoms with van der Waals surface area (Å²) in [6, 6.07) is 14.8. The Labute approximate surface area is 143 Å². The molecule has 6 heteroatoms. The fourth-order valence-corrected chi connectivity index (χ4v) is 2.50. The van der Waals surface area contributed by atoms with Gasteiger partial charge >= 0.3 is 0 Å². The Balaban J connectivity index is 2.10. The second-order valence-electron chi connectivity index (χ2n) is 4.86. The third-order valence-corrected chi connectivity index (χ3v) is 4.06. The van der Waals surface area contributed by atoms with Crippen molar-refractivity contribution in [2.75, 3.05) is 12.8 Å². The highest BCUT2D eigenvalue weighted by Crippen LogP contribution is 2.30. The molecule has 3 rings (SSSR count). The Morgan fingerprint density at radius 1 is 0.870 bits per heavy atom. The molecule has 2 aromatic carbocycles. The molecule has 1 aromatic heterocycles. The Hall–Kier alpha value is -2.30. The molecule has 0 aliphatic heterocycles. The largest absolute Gasteiger partial charge is 0.497 e. The molecule has 0 radical (unpaired) electrons. The van der Waals surface area contributed by atoms with Gasteiger partial charge in [0.25, 0.3) is 0 Å². The Kier molecular flexibility index (Phi) is 4.37. The highest BCUT2D eigenvalue weighted by Gasteiger charge is 2.09. The average molecular weight is 346 g/mol. The number of rotatable bonds is 3. The lowest BCUT2D eigenvalue weighted by Crippen LogP contribution is -1.99. The summed E-state index contributed by atoms with van der Waals surface area (Å²) < 4.78 is 5.24. The molecule has 23 heavy (non-hydrogen) atoms. The maximum Gasteiger partial charge on any atom is 0.221 e. The van der Waals surface area contributed by atoms with Gasteiger partial charge in [0.1, 0.15) is 5.75 Å². The van der Waals surface area contributed by atoms with Gasteiger partial charge in [-0.1, -0.05) is 41.4 Å². The lowest BCUT2D eigenvalue weighted by molar-refractivity contribution is 0.415. The van der Waals surface area contributed by atoms with Gasteiger partial charge in [-0.3, -0.25) is 0 Å². The van der Waals surface area contributed by atoms with E-state index < -0.39 is 0 Å². The number of hydrogen-bond acceptors (Lipinski definition) is 4. The van der Waals surface area contributed by atoms with Gasteiger partial charge in [-0.2, -0.15) is 0 Å². The first kappa shape index (κ1) is 15.6. The van der Waals surface area contributed by atoms with E-state index in [1.54, 1.807) is 19.2 Å².